The maximum atomic E-state index is 13.9. The molecule has 1 aromatic heterocycles. The fourth-order valence-corrected chi connectivity index (χ4v) is 4.65. The Labute approximate surface area is 159 Å². The molecule has 2 heterocycles. The second kappa shape index (κ2) is 8.05. The average Bonchev–Trinajstić information content (AvgIpc) is 3.10. The normalized spacial score (nSPS) is 13.4. The molecule has 0 radical (unpaired) electrons. The van der Waals surface area contributed by atoms with Crippen LogP contribution in [0.25, 0.3) is 5.57 Å². The SMILES string of the molecule is C=C1C=C(SCc2cccc(F)c2F)N(CC(=O)OCC)c2sccc21. The van der Waals surface area contributed by atoms with Crippen LogP contribution in [0.2, 0.25) is 0 Å². The molecular weight excluding hydrogens is 376 g/mol. The lowest BCUT2D eigenvalue weighted by Crippen LogP contribution is -2.31. The fraction of sp³-hybridized carbons (Fsp3) is 0.211. The summed E-state index contributed by atoms with van der Waals surface area (Å²) in [6.07, 6.45) is 1.86. The molecule has 0 aliphatic carbocycles. The van der Waals surface area contributed by atoms with E-state index in [0.29, 0.717) is 6.61 Å². The Balaban J connectivity index is 1.84. The molecule has 0 saturated carbocycles. The molecule has 2 aromatic rings. The van der Waals surface area contributed by atoms with Gasteiger partial charge in [-0.2, -0.15) is 0 Å². The van der Waals surface area contributed by atoms with E-state index < -0.39 is 11.6 Å². The van der Waals surface area contributed by atoms with Gasteiger partial charge in [0.2, 0.25) is 0 Å². The van der Waals surface area contributed by atoms with Crippen LogP contribution in [0.5, 0.6) is 0 Å². The highest BCUT2D eigenvalue weighted by atomic mass is 32.2. The van der Waals surface area contributed by atoms with Gasteiger partial charge in [-0.15, -0.1) is 23.1 Å². The van der Waals surface area contributed by atoms with Crippen molar-refractivity contribution in [3.05, 3.63) is 70.1 Å². The van der Waals surface area contributed by atoms with Crippen LogP contribution in [-0.2, 0) is 15.3 Å². The number of hydrogen-bond donors (Lipinski definition) is 0. The molecule has 26 heavy (non-hydrogen) atoms. The summed E-state index contributed by atoms with van der Waals surface area (Å²) in [5, 5.41) is 3.58. The van der Waals surface area contributed by atoms with E-state index in [1.165, 1.54) is 29.2 Å². The zero-order valence-corrected chi connectivity index (χ0v) is 15.8. The number of thioether (sulfide) groups is 1. The molecule has 0 N–H and O–H groups in total. The Morgan fingerprint density at radius 2 is 2.15 bits per heavy atom. The molecule has 7 heteroatoms. The topological polar surface area (TPSA) is 29.5 Å². The first kappa shape index (κ1) is 18.7. The molecule has 0 bridgehead atoms. The number of fused-ring (bicyclic) bond motifs is 1. The lowest BCUT2D eigenvalue weighted by atomic mass is 10.1. The first-order chi connectivity index (χ1) is 12.5. The third kappa shape index (κ3) is 3.83. The average molecular weight is 393 g/mol. The highest BCUT2D eigenvalue weighted by Gasteiger charge is 2.26. The number of nitrogens with zero attached hydrogens (tertiary/aromatic N) is 1. The first-order valence-electron chi connectivity index (χ1n) is 7.98. The van der Waals surface area contributed by atoms with E-state index in [1.54, 1.807) is 13.0 Å². The van der Waals surface area contributed by atoms with Gasteiger partial charge in [0.15, 0.2) is 11.6 Å². The van der Waals surface area contributed by atoms with E-state index in [9.17, 15) is 13.6 Å². The molecule has 3 nitrogen and oxygen atoms in total. The van der Waals surface area contributed by atoms with Gasteiger partial charge in [0, 0.05) is 16.9 Å². The monoisotopic (exact) mass is 393 g/mol. The number of halogens is 2. The number of anilines is 1. The van der Waals surface area contributed by atoms with E-state index in [2.05, 4.69) is 6.58 Å². The Bertz CT molecular complexity index is 876. The largest absolute Gasteiger partial charge is 0.465 e. The number of esters is 1. The summed E-state index contributed by atoms with van der Waals surface area (Å²) in [6.45, 7) is 6.17. The van der Waals surface area contributed by atoms with Gasteiger partial charge in [-0.05, 0) is 36.1 Å². The molecule has 1 aliphatic rings. The Kier molecular flexibility index (Phi) is 5.78. The zero-order valence-electron chi connectivity index (χ0n) is 14.1. The van der Waals surface area contributed by atoms with Crippen LogP contribution in [0.1, 0.15) is 18.1 Å². The van der Waals surface area contributed by atoms with E-state index in [4.69, 9.17) is 4.74 Å². The summed E-state index contributed by atoms with van der Waals surface area (Å²) in [4.78, 5) is 13.9. The summed E-state index contributed by atoms with van der Waals surface area (Å²) in [5.74, 6) is -1.82. The molecule has 0 atom stereocenters. The van der Waals surface area contributed by atoms with Gasteiger partial charge in [-0.3, -0.25) is 4.79 Å². The van der Waals surface area contributed by atoms with Crippen LogP contribution in [0, 0.1) is 11.6 Å². The number of rotatable bonds is 6. The summed E-state index contributed by atoms with van der Waals surface area (Å²) < 4.78 is 32.4. The van der Waals surface area contributed by atoms with Crippen molar-refractivity contribution >= 4 is 39.6 Å². The summed E-state index contributed by atoms with van der Waals surface area (Å²) in [5.41, 5.74) is 2.05. The molecule has 1 aliphatic heterocycles. The molecule has 0 fully saturated rings. The van der Waals surface area contributed by atoms with Crippen molar-refractivity contribution in [2.45, 2.75) is 12.7 Å². The van der Waals surface area contributed by atoms with Crippen LogP contribution < -0.4 is 4.90 Å². The van der Waals surface area contributed by atoms with Crippen molar-refractivity contribution in [3.8, 4) is 0 Å². The second-order valence-corrected chi connectivity index (χ2v) is 7.43. The van der Waals surface area contributed by atoms with Crippen molar-refractivity contribution in [2.75, 3.05) is 18.1 Å². The summed E-state index contributed by atoms with van der Waals surface area (Å²) >= 11 is 2.83. The number of carbonyl (C=O) groups is 1. The van der Waals surface area contributed by atoms with E-state index in [0.717, 1.165) is 27.2 Å². The molecule has 3 rings (SSSR count). The van der Waals surface area contributed by atoms with Crippen LogP contribution in [0.4, 0.5) is 13.8 Å². The maximum absolute atomic E-state index is 13.9. The highest BCUT2D eigenvalue weighted by molar-refractivity contribution is 8.02. The highest BCUT2D eigenvalue weighted by Crippen LogP contribution is 2.43. The number of hydrogen-bond acceptors (Lipinski definition) is 5. The van der Waals surface area contributed by atoms with Crippen molar-refractivity contribution in [1.29, 1.82) is 0 Å². The maximum Gasteiger partial charge on any atom is 0.326 e. The predicted molar refractivity (Wildman–Crippen MR) is 103 cm³/mol. The van der Waals surface area contributed by atoms with Gasteiger partial charge < -0.3 is 9.64 Å². The minimum atomic E-state index is -0.867. The Morgan fingerprint density at radius 1 is 1.35 bits per heavy atom. The number of carbonyl (C=O) groups excluding carboxylic acids is 1. The minimum absolute atomic E-state index is 0.0547. The lowest BCUT2D eigenvalue weighted by molar-refractivity contribution is -0.141. The number of benzene rings is 1. The van der Waals surface area contributed by atoms with Crippen LogP contribution in [0.15, 0.2) is 47.3 Å². The summed E-state index contributed by atoms with van der Waals surface area (Å²) in [7, 11) is 0. The van der Waals surface area contributed by atoms with Crippen LogP contribution >= 0.6 is 23.1 Å². The molecule has 1 aromatic carbocycles. The number of thiophene rings is 1. The van der Waals surface area contributed by atoms with Gasteiger partial charge in [0.1, 0.15) is 11.5 Å². The minimum Gasteiger partial charge on any atom is -0.465 e. The quantitative estimate of drug-likeness (QED) is 0.631. The fourth-order valence-electron chi connectivity index (χ4n) is 2.58. The predicted octanol–water partition coefficient (Wildman–Crippen LogP) is 5.20. The molecular formula is C19H17F2NO2S2. The van der Waals surface area contributed by atoms with E-state index >= 15 is 0 Å². The Hall–Kier alpha value is -2.12. The standard InChI is InChI=1S/C19H17F2NO2S2/c1-3-24-17(23)10-22-16(9-12(2)14-7-8-25-19(14)22)26-11-13-5-4-6-15(20)18(13)21/h4-9H,2-3,10-11H2,1H3. The lowest BCUT2D eigenvalue weighted by Gasteiger charge is -2.29. The van der Waals surface area contributed by atoms with Gasteiger partial charge in [0.25, 0.3) is 0 Å². The van der Waals surface area contributed by atoms with Crippen LogP contribution in [-0.4, -0.2) is 19.1 Å². The molecule has 0 saturated heterocycles. The second-order valence-electron chi connectivity index (χ2n) is 5.54. The van der Waals surface area contributed by atoms with E-state index in [-0.39, 0.29) is 23.8 Å². The van der Waals surface area contributed by atoms with Crippen molar-refractivity contribution in [1.82, 2.24) is 0 Å². The molecule has 0 amide bonds. The first-order valence-corrected chi connectivity index (χ1v) is 9.85. The summed E-state index contributed by atoms with van der Waals surface area (Å²) in [6, 6.07) is 6.08. The van der Waals surface area contributed by atoms with Crippen molar-refractivity contribution < 1.29 is 18.3 Å². The number of ether oxygens (including phenoxy) is 1. The smallest absolute Gasteiger partial charge is 0.326 e. The molecule has 136 valence electrons. The molecule has 0 unspecified atom stereocenters. The number of allylic oxidation sites excluding steroid dienone is 2. The molecule has 0 spiro atoms. The zero-order chi connectivity index (χ0) is 18.7. The Morgan fingerprint density at radius 3 is 2.92 bits per heavy atom. The van der Waals surface area contributed by atoms with Crippen LogP contribution in [0.3, 0.4) is 0 Å². The van der Waals surface area contributed by atoms with E-state index in [1.807, 2.05) is 22.4 Å². The van der Waals surface area contributed by atoms with Gasteiger partial charge in [-0.25, -0.2) is 8.78 Å². The van der Waals surface area contributed by atoms with Gasteiger partial charge in [0.05, 0.1) is 11.6 Å². The van der Waals surface area contributed by atoms with Gasteiger partial charge >= 0.3 is 5.97 Å². The van der Waals surface area contributed by atoms with Gasteiger partial charge in [-0.1, -0.05) is 18.7 Å². The third-order valence-corrected chi connectivity index (χ3v) is 5.82. The van der Waals surface area contributed by atoms with Crippen molar-refractivity contribution in [3.63, 3.8) is 0 Å². The third-order valence-electron chi connectivity index (χ3n) is 3.80. The van der Waals surface area contributed by atoms with Crippen molar-refractivity contribution in [2.24, 2.45) is 0 Å².